The van der Waals surface area contributed by atoms with Crippen LogP contribution < -0.4 is 0 Å². The number of aromatic nitrogens is 5. The summed E-state index contributed by atoms with van der Waals surface area (Å²) in [5, 5.41) is 15.7. The van der Waals surface area contributed by atoms with Crippen molar-refractivity contribution in [3.63, 3.8) is 0 Å². The predicted molar refractivity (Wildman–Crippen MR) is 216 cm³/mol. The van der Waals surface area contributed by atoms with E-state index in [9.17, 15) is 0 Å². The van der Waals surface area contributed by atoms with Gasteiger partial charge in [0.2, 0.25) is 0 Å². The second kappa shape index (κ2) is 11.4. The predicted octanol–water partition coefficient (Wildman–Crippen LogP) is 12.0. The fourth-order valence-electron chi connectivity index (χ4n) is 7.78. The summed E-state index contributed by atoms with van der Waals surface area (Å²) in [6.07, 6.45) is 2.18. The number of benzene rings is 7. The maximum absolute atomic E-state index is 4.70. The molecule has 0 aliphatic carbocycles. The molecule has 0 amide bonds. The monoisotopic (exact) mass is 683 g/mol. The molecule has 0 atom stereocenters. The molecule has 0 aliphatic heterocycles. The summed E-state index contributed by atoms with van der Waals surface area (Å²) in [5.74, 6) is 1.61. The molecular weight excluding hydrogens is 655 g/mol. The molecular formula is C46H29N5S. The summed E-state index contributed by atoms with van der Waals surface area (Å²) in [5.41, 5.74) is 8.82. The van der Waals surface area contributed by atoms with Gasteiger partial charge in [0.25, 0.3) is 0 Å². The SMILES string of the molecule is c1ccc(-c2nnc(-c3ccccc3)n2-c2ccc(-n3c4cc5sc6ccccc6c5cc4c4cc5ccn(-c6ccccc6)c5cc43)cc2)cc1. The van der Waals surface area contributed by atoms with E-state index in [1.54, 1.807) is 0 Å². The Morgan fingerprint density at radius 2 is 0.962 bits per heavy atom. The molecule has 0 fully saturated rings. The molecule has 11 aromatic rings. The van der Waals surface area contributed by atoms with Crippen molar-refractivity contribution in [1.29, 1.82) is 0 Å². The molecule has 5 nitrogen and oxygen atoms in total. The first-order valence-electron chi connectivity index (χ1n) is 17.4. The summed E-state index contributed by atoms with van der Waals surface area (Å²) in [4.78, 5) is 0. The van der Waals surface area contributed by atoms with Crippen LogP contribution in [0.2, 0.25) is 0 Å². The lowest BCUT2D eigenvalue weighted by atomic mass is 10.1. The summed E-state index contributed by atoms with van der Waals surface area (Å²) in [6.45, 7) is 0. The Morgan fingerprint density at radius 3 is 1.65 bits per heavy atom. The zero-order valence-electron chi connectivity index (χ0n) is 27.9. The van der Waals surface area contributed by atoms with E-state index in [0.29, 0.717) is 0 Å². The van der Waals surface area contributed by atoms with E-state index in [4.69, 9.17) is 10.2 Å². The van der Waals surface area contributed by atoms with E-state index in [1.807, 2.05) is 47.7 Å². The number of thiophene rings is 1. The van der Waals surface area contributed by atoms with E-state index in [1.165, 1.54) is 52.9 Å². The first-order chi connectivity index (χ1) is 25.8. The molecule has 4 heterocycles. The maximum Gasteiger partial charge on any atom is 0.168 e. The highest BCUT2D eigenvalue weighted by atomic mass is 32.1. The van der Waals surface area contributed by atoms with Gasteiger partial charge >= 0.3 is 0 Å². The topological polar surface area (TPSA) is 40.6 Å². The number of rotatable bonds is 5. The third kappa shape index (κ3) is 4.41. The molecule has 0 saturated heterocycles. The molecule has 0 bridgehead atoms. The Morgan fingerprint density at radius 1 is 0.385 bits per heavy atom. The summed E-state index contributed by atoms with van der Waals surface area (Å²) < 4.78 is 9.48. The lowest BCUT2D eigenvalue weighted by molar-refractivity contribution is 1.07. The minimum atomic E-state index is 0.806. The van der Waals surface area contributed by atoms with Crippen LogP contribution in [0.25, 0.3) is 92.7 Å². The van der Waals surface area contributed by atoms with Gasteiger partial charge < -0.3 is 9.13 Å². The second-order valence-corrected chi connectivity index (χ2v) is 14.3. The van der Waals surface area contributed by atoms with Gasteiger partial charge in [-0.25, -0.2) is 0 Å². The lowest BCUT2D eigenvalue weighted by Gasteiger charge is -2.13. The Bertz CT molecular complexity index is 3040. The molecule has 0 unspecified atom stereocenters. The van der Waals surface area contributed by atoms with Crippen molar-refractivity contribution in [3.05, 3.63) is 176 Å². The fourth-order valence-corrected chi connectivity index (χ4v) is 8.90. The second-order valence-electron chi connectivity index (χ2n) is 13.2. The van der Waals surface area contributed by atoms with Crippen LogP contribution in [-0.4, -0.2) is 23.9 Å². The Labute approximate surface area is 302 Å². The molecule has 6 heteroatoms. The first kappa shape index (κ1) is 29.0. The van der Waals surface area contributed by atoms with Gasteiger partial charge in [-0.1, -0.05) is 97.1 Å². The van der Waals surface area contributed by atoms with Gasteiger partial charge in [-0.2, -0.15) is 0 Å². The summed E-state index contributed by atoms with van der Waals surface area (Å²) in [7, 11) is 0. The fraction of sp³-hybridized carbons (Fsp3) is 0. The lowest BCUT2D eigenvalue weighted by Crippen LogP contribution is -2.01. The summed E-state index contributed by atoms with van der Waals surface area (Å²) in [6, 6.07) is 60.5. The molecule has 0 saturated carbocycles. The third-order valence-corrected chi connectivity index (χ3v) is 11.3. The molecule has 7 aromatic carbocycles. The Balaban J connectivity index is 1.16. The minimum Gasteiger partial charge on any atom is -0.316 e. The molecule has 4 aromatic heterocycles. The van der Waals surface area contributed by atoms with Gasteiger partial charge in [0.05, 0.1) is 16.6 Å². The van der Waals surface area contributed by atoms with Crippen molar-refractivity contribution in [2.75, 3.05) is 0 Å². The van der Waals surface area contributed by atoms with Crippen LogP contribution in [0.5, 0.6) is 0 Å². The highest BCUT2D eigenvalue weighted by molar-refractivity contribution is 7.25. The van der Waals surface area contributed by atoms with Crippen molar-refractivity contribution in [3.8, 4) is 39.8 Å². The van der Waals surface area contributed by atoms with Gasteiger partial charge in [-0.05, 0) is 72.8 Å². The number of nitrogens with zero attached hydrogens (tertiary/aromatic N) is 5. The van der Waals surface area contributed by atoms with E-state index >= 15 is 0 Å². The molecule has 244 valence electrons. The third-order valence-electron chi connectivity index (χ3n) is 10.2. The largest absolute Gasteiger partial charge is 0.316 e. The molecule has 0 spiro atoms. The van der Waals surface area contributed by atoms with Crippen molar-refractivity contribution in [2.45, 2.75) is 0 Å². The van der Waals surface area contributed by atoms with Crippen LogP contribution in [0.4, 0.5) is 0 Å². The average molecular weight is 684 g/mol. The van der Waals surface area contributed by atoms with Gasteiger partial charge in [-0.15, -0.1) is 21.5 Å². The number of para-hydroxylation sites is 1. The Hall–Kier alpha value is -6.76. The van der Waals surface area contributed by atoms with E-state index < -0.39 is 0 Å². The zero-order valence-corrected chi connectivity index (χ0v) is 28.7. The standard InChI is InChI=1S/C46H29N5S/c1-4-12-30(13-5-1)45-47-48-46(31-14-6-2-7-15-31)51(45)35-22-20-34(21-23-35)50-41-28-40-32(24-25-49(40)33-16-8-3-9-17-33)26-37(41)38-27-39-36-18-10-11-19-43(36)52-44(39)29-42(38)50/h1-29H. The van der Waals surface area contributed by atoms with E-state index in [2.05, 4.69) is 153 Å². The van der Waals surface area contributed by atoms with E-state index in [-0.39, 0.29) is 0 Å². The van der Waals surface area contributed by atoms with Gasteiger partial charge in [0.1, 0.15) is 0 Å². The number of fused-ring (bicyclic) bond motifs is 7. The van der Waals surface area contributed by atoms with Crippen LogP contribution in [0.3, 0.4) is 0 Å². The number of hydrogen-bond acceptors (Lipinski definition) is 3. The normalized spacial score (nSPS) is 11.8. The Kier molecular flexibility index (Phi) is 6.35. The zero-order chi connectivity index (χ0) is 34.2. The maximum atomic E-state index is 4.70. The van der Waals surface area contributed by atoms with Crippen molar-refractivity contribution in [1.82, 2.24) is 23.9 Å². The van der Waals surface area contributed by atoms with Crippen molar-refractivity contribution >= 4 is 64.2 Å². The average Bonchev–Trinajstić information content (AvgIpc) is 3.99. The summed E-state index contributed by atoms with van der Waals surface area (Å²) >= 11 is 1.86. The van der Waals surface area contributed by atoms with Crippen LogP contribution in [0.1, 0.15) is 0 Å². The van der Waals surface area contributed by atoms with Gasteiger partial charge in [-0.3, -0.25) is 4.57 Å². The molecule has 0 radical (unpaired) electrons. The van der Waals surface area contributed by atoms with Crippen molar-refractivity contribution < 1.29 is 0 Å². The molecule has 11 rings (SSSR count). The minimum absolute atomic E-state index is 0.806. The molecule has 0 N–H and O–H groups in total. The first-order valence-corrected chi connectivity index (χ1v) is 18.2. The van der Waals surface area contributed by atoms with Crippen LogP contribution in [-0.2, 0) is 0 Å². The highest BCUT2D eigenvalue weighted by Gasteiger charge is 2.20. The van der Waals surface area contributed by atoms with E-state index in [0.717, 1.165) is 39.8 Å². The molecule has 0 aliphatic rings. The smallest absolute Gasteiger partial charge is 0.168 e. The van der Waals surface area contributed by atoms with Crippen LogP contribution in [0, 0.1) is 0 Å². The van der Waals surface area contributed by atoms with Crippen molar-refractivity contribution in [2.24, 2.45) is 0 Å². The quantitative estimate of drug-likeness (QED) is 0.181. The number of hydrogen-bond donors (Lipinski definition) is 0. The van der Waals surface area contributed by atoms with Crippen LogP contribution in [0.15, 0.2) is 176 Å². The highest BCUT2D eigenvalue weighted by Crippen LogP contribution is 2.42. The van der Waals surface area contributed by atoms with Gasteiger partial charge in [0, 0.05) is 70.7 Å². The van der Waals surface area contributed by atoms with Crippen LogP contribution >= 0.6 is 11.3 Å². The molecule has 52 heavy (non-hydrogen) atoms. The van der Waals surface area contributed by atoms with Gasteiger partial charge in [0.15, 0.2) is 11.6 Å².